The lowest BCUT2D eigenvalue weighted by atomic mass is 9.93. The zero-order valence-electron chi connectivity index (χ0n) is 11.3. The van der Waals surface area contributed by atoms with Crippen molar-refractivity contribution < 1.29 is 4.74 Å². The summed E-state index contributed by atoms with van der Waals surface area (Å²) in [5.74, 6) is 0.988. The smallest absolute Gasteiger partial charge is 0.193 e. The Morgan fingerprint density at radius 1 is 1.58 bits per heavy atom. The molecule has 4 nitrogen and oxygen atoms in total. The average molecular weight is 393 g/mol. The number of hydrogen-bond acceptors (Lipinski definition) is 5. The van der Waals surface area contributed by atoms with Gasteiger partial charge in [-0.2, -0.15) is 0 Å². The monoisotopic (exact) mass is 393 g/mol. The molecule has 106 valence electrons. The number of aliphatic imine (C=N–C) groups is 1. The van der Waals surface area contributed by atoms with E-state index in [4.69, 9.17) is 4.74 Å². The van der Waals surface area contributed by atoms with Gasteiger partial charge in [-0.1, -0.05) is 0 Å². The number of halogens is 1. The third-order valence-corrected chi connectivity index (χ3v) is 4.69. The number of fused-ring (bicyclic) bond motifs is 1. The number of nitrogens with zero attached hydrogens (tertiary/aromatic N) is 2. The molecule has 0 radical (unpaired) electrons. The summed E-state index contributed by atoms with van der Waals surface area (Å²) in [5.41, 5.74) is 1.12. The van der Waals surface area contributed by atoms with Crippen molar-refractivity contribution in [2.24, 2.45) is 4.99 Å². The predicted molar refractivity (Wildman–Crippen MR) is 89.7 cm³/mol. The zero-order chi connectivity index (χ0) is 12.6. The van der Waals surface area contributed by atoms with Crippen molar-refractivity contribution in [1.29, 1.82) is 0 Å². The van der Waals surface area contributed by atoms with E-state index in [0.717, 1.165) is 38.6 Å². The fraction of sp³-hybridized carbons (Fsp3) is 0.615. The van der Waals surface area contributed by atoms with Crippen LogP contribution >= 0.6 is 35.3 Å². The summed E-state index contributed by atoms with van der Waals surface area (Å²) in [7, 11) is 2.07. The summed E-state index contributed by atoms with van der Waals surface area (Å²) in [6.45, 7) is 5.65. The molecule has 0 aliphatic carbocycles. The number of rotatable bonds is 2. The van der Waals surface area contributed by atoms with E-state index in [9.17, 15) is 0 Å². The van der Waals surface area contributed by atoms with Crippen molar-refractivity contribution in [3.8, 4) is 0 Å². The lowest BCUT2D eigenvalue weighted by Crippen LogP contribution is -2.46. The number of nitrogens with one attached hydrogen (secondary N) is 1. The highest BCUT2D eigenvalue weighted by Crippen LogP contribution is 2.35. The molecule has 2 aliphatic rings. The first-order chi connectivity index (χ1) is 8.69. The van der Waals surface area contributed by atoms with Crippen molar-refractivity contribution in [2.75, 3.05) is 33.3 Å². The van der Waals surface area contributed by atoms with Crippen LogP contribution in [-0.2, 0) is 16.8 Å². The standard InChI is InChI=1S/C13H19N3OS.HI/c1-13(9-15-12-14-5-6-16(12)2)10-4-8-18-11(10)3-7-17-13;/h4,8H,3,5-7,9H2,1-2H3,(H,14,15);1H. The van der Waals surface area contributed by atoms with Gasteiger partial charge >= 0.3 is 0 Å². The zero-order valence-corrected chi connectivity index (χ0v) is 14.5. The molecule has 1 aromatic heterocycles. The second kappa shape index (κ2) is 5.97. The maximum atomic E-state index is 6.02. The Balaban J connectivity index is 0.00000133. The summed E-state index contributed by atoms with van der Waals surface area (Å²) in [4.78, 5) is 8.07. The molecule has 0 amide bonds. The van der Waals surface area contributed by atoms with Crippen molar-refractivity contribution in [2.45, 2.75) is 18.9 Å². The molecule has 3 rings (SSSR count). The van der Waals surface area contributed by atoms with Gasteiger partial charge in [0, 0.05) is 24.9 Å². The summed E-state index contributed by atoms with van der Waals surface area (Å²) < 4.78 is 6.02. The van der Waals surface area contributed by atoms with Gasteiger partial charge in [-0.3, -0.25) is 4.99 Å². The first kappa shape index (κ1) is 15.1. The molecule has 1 aromatic rings. The molecule has 0 saturated heterocycles. The second-order valence-electron chi connectivity index (χ2n) is 5.07. The van der Waals surface area contributed by atoms with Crippen molar-refractivity contribution in [3.63, 3.8) is 0 Å². The molecule has 0 aromatic carbocycles. The largest absolute Gasteiger partial charge is 0.368 e. The van der Waals surface area contributed by atoms with Crippen molar-refractivity contribution in [1.82, 2.24) is 10.2 Å². The highest BCUT2D eigenvalue weighted by molar-refractivity contribution is 14.0. The molecule has 0 bridgehead atoms. The van der Waals surface area contributed by atoms with Gasteiger partial charge in [0.25, 0.3) is 0 Å². The van der Waals surface area contributed by atoms with E-state index in [1.807, 2.05) is 11.3 Å². The van der Waals surface area contributed by atoms with Crippen LogP contribution in [0.25, 0.3) is 0 Å². The highest BCUT2D eigenvalue weighted by Gasteiger charge is 2.34. The lowest BCUT2D eigenvalue weighted by molar-refractivity contribution is -0.0412. The van der Waals surface area contributed by atoms with Crippen LogP contribution in [0, 0.1) is 0 Å². The Bertz CT molecular complexity index is 476. The van der Waals surface area contributed by atoms with Gasteiger partial charge in [0.15, 0.2) is 5.96 Å². The summed E-state index contributed by atoms with van der Waals surface area (Å²) >= 11 is 1.84. The summed E-state index contributed by atoms with van der Waals surface area (Å²) in [6, 6.07) is 2.20. The first-order valence-electron chi connectivity index (χ1n) is 6.39. The molecule has 0 saturated carbocycles. The number of hydrogen-bond donors (Lipinski definition) is 1. The van der Waals surface area contributed by atoms with E-state index in [1.54, 1.807) is 0 Å². The van der Waals surface area contributed by atoms with Crippen molar-refractivity contribution in [3.05, 3.63) is 21.9 Å². The molecule has 2 aliphatic heterocycles. The van der Waals surface area contributed by atoms with Crippen LogP contribution in [0.5, 0.6) is 0 Å². The number of guanidine groups is 1. The van der Waals surface area contributed by atoms with Gasteiger partial charge in [-0.05, 0) is 23.9 Å². The number of likely N-dealkylation sites (N-methyl/N-ethyl adjacent to an activating group) is 1. The number of thiophene rings is 1. The van der Waals surface area contributed by atoms with Crippen LogP contribution < -0.4 is 5.32 Å². The Labute approximate surface area is 135 Å². The van der Waals surface area contributed by atoms with E-state index in [1.165, 1.54) is 10.4 Å². The predicted octanol–water partition coefficient (Wildman–Crippen LogP) is 2.05. The minimum absolute atomic E-state index is 0. The van der Waals surface area contributed by atoms with Crippen LogP contribution in [0.15, 0.2) is 16.4 Å². The number of ether oxygens (including phenoxy) is 1. The molecule has 1 N–H and O–H groups in total. The Kier molecular flexibility index (Phi) is 4.73. The van der Waals surface area contributed by atoms with E-state index in [2.05, 4.69) is 40.6 Å². The molecule has 6 heteroatoms. The normalized spacial score (nSPS) is 25.6. The van der Waals surface area contributed by atoms with Crippen LogP contribution in [0.3, 0.4) is 0 Å². The summed E-state index contributed by atoms with van der Waals surface area (Å²) in [6.07, 6.45) is 1.05. The van der Waals surface area contributed by atoms with Crippen LogP contribution in [0.1, 0.15) is 17.4 Å². The highest BCUT2D eigenvalue weighted by atomic mass is 127. The van der Waals surface area contributed by atoms with Gasteiger partial charge in [-0.15, -0.1) is 35.3 Å². The second-order valence-corrected chi connectivity index (χ2v) is 6.07. The van der Waals surface area contributed by atoms with Crippen LogP contribution in [-0.4, -0.2) is 44.1 Å². The van der Waals surface area contributed by atoms with Gasteiger partial charge in [0.2, 0.25) is 0 Å². The van der Waals surface area contributed by atoms with Crippen molar-refractivity contribution >= 4 is 41.3 Å². The van der Waals surface area contributed by atoms with Gasteiger partial charge < -0.3 is 15.0 Å². The molecular formula is C13H20IN3OS. The molecule has 1 atom stereocenters. The fourth-order valence-electron chi connectivity index (χ4n) is 2.57. The third kappa shape index (κ3) is 2.90. The molecule has 0 spiro atoms. The van der Waals surface area contributed by atoms with Crippen LogP contribution in [0.4, 0.5) is 0 Å². The van der Waals surface area contributed by atoms with E-state index in [0.29, 0.717) is 0 Å². The minimum atomic E-state index is -0.223. The van der Waals surface area contributed by atoms with E-state index in [-0.39, 0.29) is 29.6 Å². The Morgan fingerprint density at radius 3 is 3.16 bits per heavy atom. The molecular weight excluding hydrogens is 373 g/mol. The summed E-state index contributed by atoms with van der Waals surface area (Å²) in [5, 5.41) is 5.59. The average Bonchev–Trinajstić information content (AvgIpc) is 2.96. The fourth-order valence-corrected chi connectivity index (χ4v) is 3.55. The van der Waals surface area contributed by atoms with Crippen LogP contribution in [0.2, 0.25) is 0 Å². The molecule has 19 heavy (non-hydrogen) atoms. The quantitative estimate of drug-likeness (QED) is 0.782. The maximum absolute atomic E-state index is 6.02. The first-order valence-corrected chi connectivity index (χ1v) is 7.27. The van der Waals surface area contributed by atoms with Gasteiger partial charge in [0.05, 0.1) is 19.7 Å². The minimum Gasteiger partial charge on any atom is -0.368 e. The Morgan fingerprint density at radius 2 is 2.42 bits per heavy atom. The topological polar surface area (TPSA) is 36.9 Å². The Hall–Kier alpha value is -0.340. The van der Waals surface area contributed by atoms with E-state index >= 15 is 0 Å². The van der Waals surface area contributed by atoms with E-state index < -0.39 is 0 Å². The van der Waals surface area contributed by atoms with Gasteiger partial charge in [0.1, 0.15) is 5.60 Å². The third-order valence-electron chi connectivity index (χ3n) is 3.71. The molecule has 0 fully saturated rings. The lowest BCUT2D eigenvalue weighted by Gasteiger charge is -2.35. The maximum Gasteiger partial charge on any atom is 0.193 e. The van der Waals surface area contributed by atoms with Gasteiger partial charge in [-0.25, -0.2) is 0 Å². The molecule has 3 heterocycles. The molecule has 1 unspecified atom stereocenters. The SMILES string of the molecule is CN1CCN=C1NCC1(C)OCCc2sccc21.I.